The molecule has 2 aromatic heterocycles. The van der Waals surface area contributed by atoms with Gasteiger partial charge in [0.05, 0.1) is 25.4 Å². The summed E-state index contributed by atoms with van der Waals surface area (Å²) >= 11 is 1.47. The average Bonchev–Trinajstić information content (AvgIpc) is 3.68. The van der Waals surface area contributed by atoms with Gasteiger partial charge in [-0.15, -0.1) is 11.3 Å². The molecular formula is C30H31N5O6S. The molecule has 3 aliphatic heterocycles. The zero-order valence-electron chi connectivity index (χ0n) is 23.3. The lowest BCUT2D eigenvalue weighted by Gasteiger charge is -2.21. The fourth-order valence-corrected chi connectivity index (χ4v) is 6.04. The summed E-state index contributed by atoms with van der Waals surface area (Å²) in [5.74, 6) is 0.952. The average molecular weight is 590 g/mol. The maximum atomic E-state index is 13.7. The van der Waals surface area contributed by atoms with Crippen molar-refractivity contribution in [1.82, 2.24) is 24.9 Å². The number of ether oxygens (including phenoxy) is 3. The fourth-order valence-electron chi connectivity index (χ4n) is 5.28. The Labute approximate surface area is 246 Å². The zero-order chi connectivity index (χ0) is 29.2. The Morgan fingerprint density at radius 2 is 1.88 bits per heavy atom. The van der Waals surface area contributed by atoms with E-state index in [-0.39, 0.29) is 30.7 Å². The number of nitrogens with one attached hydrogen (secondary N) is 2. The number of methoxy groups -OCH3 is 1. The molecule has 0 aliphatic carbocycles. The van der Waals surface area contributed by atoms with Crippen LogP contribution >= 0.6 is 11.3 Å². The molecule has 2 atom stereocenters. The molecule has 7 rings (SSSR count). The van der Waals surface area contributed by atoms with Crippen molar-refractivity contribution in [3.63, 3.8) is 0 Å². The Hall–Kier alpha value is -4.58. The molecule has 0 radical (unpaired) electrons. The lowest BCUT2D eigenvalue weighted by Crippen LogP contribution is -2.45. The van der Waals surface area contributed by atoms with Gasteiger partial charge < -0.3 is 29.7 Å². The zero-order valence-corrected chi connectivity index (χ0v) is 24.1. The molecule has 5 heterocycles. The van der Waals surface area contributed by atoms with Crippen LogP contribution in [-0.4, -0.2) is 71.0 Å². The van der Waals surface area contributed by atoms with Crippen LogP contribution in [0.25, 0.3) is 4.96 Å². The molecule has 2 aromatic carbocycles. The minimum Gasteiger partial charge on any atom is -0.493 e. The van der Waals surface area contributed by atoms with Gasteiger partial charge in [-0.3, -0.25) is 18.8 Å². The predicted molar refractivity (Wildman–Crippen MR) is 155 cm³/mol. The third kappa shape index (κ3) is 5.75. The van der Waals surface area contributed by atoms with Crippen LogP contribution in [0.2, 0.25) is 0 Å². The van der Waals surface area contributed by atoms with Crippen LogP contribution < -0.4 is 24.8 Å². The summed E-state index contributed by atoms with van der Waals surface area (Å²) < 4.78 is 19.3. The molecule has 4 aromatic rings. The number of imidazole rings is 1. The normalized spacial score (nSPS) is 19.5. The number of rotatable bonds is 2. The number of aryl methyl sites for hydroxylation is 2. The van der Waals surface area contributed by atoms with E-state index < -0.39 is 12.1 Å². The van der Waals surface area contributed by atoms with E-state index in [1.807, 2.05) is 53.2 Å². The van der Waals surface area contributed by atoms with Crippen molar-refractivity contribution < 1.29 is 28.6 Å². The molecule has 0 unspecified atom stereocenters. The lowest BCUT2D eigenvalue weighted by molar-refractivity contribution is -0.123. The van der Waals surface area contributed by atoms with Crippen molar-refractivity contribution in [2.75, 3.05) is 26.8 Å². The molecule has 3 aliphatic rings. The van der Waals surface area contributed by atoms with Gasteiger partial charge in [0.2, 0.25) is 5.91 Å². The number of hydrogen-bond acceptors (Lipinski definition) is 8. The van der Waals surface area contributed by atoms with E-state index in [0.717, 1.165) is 16.1 Å². The standard InChI is InChI=1S/C30H31N5O6S/c1-18-28(35-11-12-42-30(35)32-18)29(38)34-15-22-25(16-34)41-21-7-3-20(4-8-21)14-31-27(37)17-40-24-13-19(5-9-23(24)39-2)6-10-26(36)33-22/h3-5,7-9,11-13,22,25H,6,10,14-17H2,1-2H3,(H,31,37)(H,33,36)/t22-,25-/m0/s1. The van der Waals surface area contributed by atoms with Gasteiger partial charge in [-0.1, -0.05) is 18.2 Å². The second-order valence-electron chi connectivity index (χ2n) is 10.3. The molecule has 218 valence electrons. The van der Waals surface area contributed by atoms with Crippen molar-refractivity contribution in [1.29, 1.82) is 0 Å². The first-order chi connectivity index (χ1) is 20.4. The van der Waals surface area contributed by atoms with Gasteiger partial charge in [-0.05, 0) is 48.7 Å². The van der Waals surface area contributed by atoms with Gasteiger partial charge in [0, 0.05) is 31.1 Å². The largest absolute Gasteiger partial charge is 0.493 e. The summed E-state index contributed by atoms with van der Waals surface area (Å²) in [6.07, 6.45) is 2.05. The molecule has 1 fully saturated rings. The van der Waals surface area contributed by atoms with Crippen LogP contribution in [0.1, 0.15) is 33.7 Å². The Morgan fingerprint density at radius 1 is 1.07 bits per heavy atom. The number of carbonyl (C=O) groups excluding carboxylic acids is 3. The summed E-state index contributed by atoms with van der Waals surface area (Å²) in [7, 11) is 1.53. The Kier molecular flexibility index (Phi) is 7.70. The highest BCUT2D eigenvalue weighted by atomic mass is 32.1. The Bertz CT molecular complexity index is 1630. The van der Waals surface area contributed by atoms with Crippen LogP contribution in [0.5, 0.6) is 17.2 Å². The first-order valence-corrected chi connectivity index (χ1v) is 14.6. The molecule has 12 heteroatoms. The molecule has 42 heavy (non-hydrogen) atoms. The fraction of sp³-hybridized carbons (Fsp3) is 0.333. The topological polar surface area (TPSA) is 124 Å². The number of benzene rings is 2. The highest BCUT2D eigenvalue weighted by molar-refractivity contribution is 7.15. The number of likely N-dealkylation sites (tertiary alicyclic amines) is 1. The van der Waals surface area contributed by atoms with E-state index in [4.69, 9.17) is 14.2 Å². The van der Waals surface area contributed by atoms with Crippen LogP contribution in [0, 0.1) is 6.92 Å². The third-order valence-electron chi connectivity index (χ3n) is 7.47. The van der Waals surface area contributed by atoms with E-state index in [1.165, 1.54) is 18.4 Å². The van der Waals surface area contributed by atoms with Crippen LogP contribution in [-0.2, 0) is 22.6 Å². The quantitative estimate of drug-likeness (QED) is 0.369. The predicted octanol–water partition coefficient (Wildman–Crippen LogP) is 2.74. The van der Waals surface area contributed by atoms with E-state index in [2.05, 4.69) is 15.6 Å². The highest BCUT2D eigenvalue weighted by Crippen LogP contribution is 2.29. The molecule has 0 saturated carbocycles. The molecular weight excluding hydrogens is 558 g/mol. The van der Waals surface area contributed by atoms with Gasteiger partial charge in [0.15, 0.2) is 23.1 Å². The molecule has 0 spiro atoms. The molecule has 11 nitrogen and oxygen atoms in total. The molecule has 4 bridgehead atoms. The third-order valence-corrected chi connectivity index (χ3v) is 8.22. The smallest absolute Gasteiger partial charge is 0.273 e. The summed E-state index contributed by atoms with van der Waals surface area (Å²) in [5, 5.41) is 7.86. The number of carbonyl (C=O) groups is 3. The van der Waals surface area contributed by atoms with Crippen molar-refractivity contribution >= 4 is 34.0 Å². The number of fused-ring (bicyclic) bond motifs is 10. The van der Waals surface area contributed by atoms with Gasteiger partial charge in [-0.2, -0.15) is 0 Å². The number of aromatic nitrogens is 2. The Balaban J connectivity index is 1.25. The van der Waals surface area contributed by atoms with E-state index in [9.17, 15) is 14.4 Å². The molecule has 2 N–H and O–H groups in total. The summed E-state index contributed by atoms with van der Waals surface area (Å²) in [6.45, 7) is 2.59. The van der Waals surface area contributed by atoms with Gasteiger partial charge in [0.1, 0.15) is 17.5 Å². The number of nitrogens with zero attached hydrogens (tertiary/aromatic N) is 3. The summed E-state index contributed by atoms with van der Waals surface area (Å²) in [6, 6.07) is 12.4. The summed E-state index contributed by atoms with van der Waals surface area (Å²) in [4.78, 5) is 46.3. The second-order valence-corrected chi connectivity index (χ2v) is 11.2. The minimum atomic E-state index is -0.460. The van der Waals surface area contributed by atoms with E-state index >= 15 is 0 Å². The first kappa shape index (κ1) is 27.6. The minimum absolute atomic E-state index is 0.157. The number of amides is 3. The lowest BCUT2D eigenvalue weighted by atomic mass is 10.1. The maximum Gasteiger partial charge on any atom is 0.273 e. The number of thiazole rings is 1. The van der Waals surface area contributed by atoms with Crippen molar-refractivity contribution in [3.05, 3.63) is 76.6 Å². The monoisotopic (exact) mass is 589 g/mol. The van der Waals surface area contributed by atoms with Gasteiger partial charge >= 0.3 is 0 Å². The Morgan fingerprint density at radius 3 is 2.69 bits per heavy atom. The van der Waals surface area contributed by atoms with Gasteiger partial charge in [0.25, 0.3) is 11.8 Å². The SMILES string of the molecule is COc1ccc2cc1OCC(=O)NCc1ccc(cc1)O[C@H]1CN(C(=O)c3c(C)nc4sccn34)C[C@@H]1NC(=O)CC2. The van der Waals surface area contributed by atoms with Crippen LogP contribution in [0.15, 0.2) is 54.0 Å². The molecule has 1 saturated heterocycles. The van der Waals surface area contributed by atoms with Crippen molar-refractivity contribution in [3.8, 4) is 17.2 Å². The maximum absolute atomic E-state index is 13.7. The van der Waals surface area contributed by atoms with Crippen molar-refractivity contribution in [2.45, 2.75) is 38.5 Å². The molecule has 3 amide bonds. The second kappa shape index (κ2) is 11.7. The van der Waals surface area contributed by atoms with Crippen LogP contribution in [0.4, 0.5) is 0 Å². The van der Waals surface area contributed by atoms with E-state index in [1.54, 1.807) is 17.0 Å². The highest BCUT2D eigenvalue weighted by Gasteiger charge is 2.39. The first-order valence-electron chi connectivity index (χ1n) is 13.7. The number of hydrogen-bond donors (Lipinski definition) is 2. The van der Waals surface area contributed by atoms with E-state index in [0.29, 0.717) is 54.7 Å². The van der Waals surface area contributed by atoms with Crippen molar-refractivity contribution in [2.24, 2.45) is 0 Å². The van der Waals surface area contributed by atoms with Gasteiger partial charge in [-0.25, -0.2) is 4.98 Å². The summed E-state index contributed by atoms with van der Waals surface area (Å²) in [5.41, 5.74) is 2.93. The van der Waals surface area contributed by atoms with Crippen LogP contribution in [0.3, 0.4) is 0 Å².